The standard InChI is InChI=1S/C32H29N3O4/c36-30(22-38-25-8-2-1-3-9-25)33-23-14-16-24(17-15-23)34-18-20-35(21-19-34)32(37)31-26-10-4-6-12-28(26)39-29-13-7-5-11-27(29)31/h1-17,31H,18-22H2,(H,33,36). The summed E-state index contributed by atoms with van der Waals surface area (Å²) >= 11 is 0. The quantitative estimate of drug-likeness (QED) is 0.375. The van der Waals surface area contributed by atoms with Crippen LogP contribution >= 0.6 is 0 Å². The van der Waals surface area contributed by atoms with Crippen molar-refractivity contribution in [3.8, 4) is 17.2 Å². The van der Waals surface area contributed by atoms with E-state index in [0.717, 1.165) is 41.4 Å². The number of anilines is 2. The van der Waals surface area contributed by atoms with Crippen molar-refractivity contribution in [3.05, 3.63) is 114 Å². The summed E-state index contributed by atoms with van der Waals surface area (Å²) in [4.78, 5) is 30.3. The van der Waals surface area contributed by atoms with Crippen LogP contribution in [0.25, 0.3) is 0 Å². The lowest BCUT2D eigenvalue weighted by Crippen LogP contribution is -2.50. The number of piperazine rings is 1. The minimum absolute atomic E-state index is 0.0518. The first-order valence-electron chi connectivity index (χ1n) is 13.1. The van der Waals surface area contributed by atoms with Gasteiger partial charge in [0, 0.05) is 48.7 Å². The number of carbonyl (C=O) groups is 2. The maximum absolute atomic E-state index is 13.8. The van der Waals surface area contributed by atoms with Gasteiger partial charge in [-0.15, -0.1) is 0 Å². The average Bonchev–Trinajstić information content (AvgIpc) is 2.99. The molecule has 0 spiro atoms. The van der Waals surface area contributed by atoms with Crippen LogP contribution in [0.15, 0.2) is 103 Å². The van der Waals surface area contributed by atoms with Gasteiger partial charge in [-0.3, -0.25) is 9.59 Å². The van der Waals surface area contributed by atoms with Gasteiger partial charge >= 0.3 is 0 Å². The first-order valence-corrected chi connectivity index (χ1v) is 13.1. The molecule has 7 heteroatoms. The maximum atomic E-state index is 13.8. The van der Waals surface area contributed by atoms with Gasteiger partial charge in [-0.2, -0.15) is 0 Å². The van der Waals surface area contributed by atoms with E-state index in [9.17, 15) is 9.59 Å². The van der Waals surface area contributed by atoms with Crippen LogP contribution in [-0.4, -0.2) is 49.5 Å². The van der Waals surface area contributed by atoms with Gasteiger partial charge in [-0.1, -0.05) is 54.6 Å². The number of para-hydroxylation sites is 3. The minimum atomic E-state index is -0.369. The van der Waals surface area contributed by atoms with Crippen LogP contribution in [0.3, 0.4) is 0 Å². The summed E-state index contributed by atoms with van der Waals surface area (Å²) < 4.78 is 11.6. The van der Waals surface area contributed by atoms with Crippen LogP contribution < -0.4 is 19.7 Å². The fourth-order valence-corrected chi connectivity index (χ4v) is 5.16. The summed E-state index contributed by atoms with van der Waals surface area (Å²) in [6, 6.07) is 32.6. The Morgan fingerprint density at radius 3 is 1.97 bits per heavy atom. The van der Waals surface area contributed by atoms with Gasteiger partial charge in [0.15, 0.2) is 6.61 Å². The highest BCUT2D eigenvalue weighted by atomic mass is 16.5. The van der Waals surface area contributed by atoms with E-state index >= 15 is 0 Å². The zero-order valence-electron chi connectivity index (χ0n) is 21.5. The molecule has 0 bridgehead atoms. The highest BCUT2D eigenvalue weighted by molar-refractivity contribution is 5.92. The number of hydrogen-bond acceptors (Lipinski definition) is 5. The number of fused-ring (bicyclic) bond motifs is 2. The third kappa shape index (κ3) is 5.29. The Kier molecular flexibility index (Phi) is 6.87. The molecule has 0 unspecified atom stereocenters. The average molecular weight is 520 g/mol. The smallest absolute Gasteiger partial charge is 0.262 e. The molecule has 0 aliphatic carbocycles. The van der Waals surface area contributed by atoms with E-state index in [1.165, 1.54) is 0 Å². The topological polar surface area (TPSA) is 71.1 Å². The lowest BCUT2D eigenvalue weighted by molar-refractivity contribution is -0.132. The number of nitrogens with one attached hydrogen (secondary N) is 1. The molecule has 39 heavy (non-hydrogen) atoms. The maximum Gasteiger partial charge on any atom is 0.262 e. The van der Waals surface area contributed by atoms with Crippen molar-refractivity contribution in [3.63, 3.8) is 0 Å². The fourth-order valence-electron chi connectivity index (χ4n) is 5.16. The Morgan fingerprint density at radius 1 is 0.744 bits per heavy atom. The zero-order valence-corrected chi connectivity index (χ0v) is 21.5. The lowest BCUT2D eigenvalue weighted by atomic mass is 9.86. The first-order chi connectivity index (χ1) is 19.2. The van der Waals surface area contributed by atoms with E-state index in [1.54, 1.807) is 0 Å². The highest BCUT2D eigenvalue weighted by Gasteiger charge is 2.36. The number of rotatable bonds is 6. The molecule has 2 amide bonds. The van der Waals surface area contributed by atoms with Crippen molar-refractivity contribution in [1.82, 2.24) is 4.90 Å². The molecule has 1 saturated heterocycles. The van der Waals surface area contributed by atoms with E-state index in [-0.39, 0.29) is 24.3 Å². The second kappa shape index (κ2) is 10.9. The van der Waals surface area contributed by atoms with E-state index in [1.807, 2.05) is 108 Å². The van der Waals surface area contributed by atoms with E-state index in [4.69, 9.17) is 9.47 Å². The molecule has 4 aromatic rings. The Morgan fingerprint density at radius 2 is 1.33 bits per heavy atom. The molecular formula is C32H29N3O4. The van der Waals surface area contributed by atoms with Crippen molar-refractivity contribution in [2.24, 2.45) is 0 Å². The Bertz CT molecular complexity index is 1420. The van der Waals surface area contributed by atoms with Crippen LogP contribution in [-0.2, 0) is 9.59 Å². The summed E-state index contributed by atoms with van der Waals surface area (Å²) in [5.41, 5.74) is 3.60. The summed E-state index contributed by atoms with van der Waals surface area (Å²) in [6.45, 7) is 2.68. The van der Waals surface area contributed by atoms with Crippen LogP contribution in [0.1, 0.15) is 17.0 Å². The highest BCUT2D eigenvalue weighted by Crippen LogP contribution is 2.44. The Balaban J connectivity index is 1.06. The molecule has 4 aromatic carbocycles. The number of amides is 2. The normalized spacial score (nSPS) is 14.6. The molecule has 2 aliphatic rings. The molecule has 7 nitrogen and oxygen atoms in total. The molecule has 196 valence electrons. The number of nitrogens with zero attached hydrogens (tertiary/aromatic N) is 2. The van der Waals surface area contributed by atoms with Gasteiger partial charge in [0.2, 0.25) is 5.91 Å². The van der Waals surface area contributed by atoms with Gasteiger partial charge in [0.05, 0.1) is 5.92 Å². The predicted octanol–water partition coefficient (Wildman–Crippen LogP) is 5.29. The molecule has 6 rings (SSSR count). The van der Waals surface area contributed by atoms with E-state index < -0.39 is 0 Å². The Hall–Kier alpha value is -4.78. The molecule has 0 saturated carbocycles. The van der Waals surface area contributed by atoms with Crippen molar-refractivity contribution in [1.29, 1.82) is 0 Å². The Labute approximate surface area is 227 Å². The summed E-state index contributed by atoms with van der Waals surface area (Å²) in [7, 11) is 0. The second-order valence-electron chi connectivity index (χ2n) is 9.62. The molecule has 0 radical (unpaired) electrons. The number of hydrogen-bond donors (Lipinski definition) is 1. The van der Waals surface area contributed by atoms with Crippen LogP contribution in [0, 0.1) is 0 Å². The van der Waals surface area contributed by atoms with Crippen molar-refractivity contribution >= 4 is 23.2 Å². The molecule has 2 aliphatic heterocycles. The third-order valence-electron chi connectivity index (χ3n) is 7.15. The molecule has 1 fully saturated rings. The molecule has 1 N–H and O–H groups in total. The fraction of sp³-hybridized carbons (Fsp3) is 0.188. The van der Waals surface area contributed by atoms with Gasteiger partial charge in [0.25, 0.3) is 5.91 Å². The van der Waals surface area contributed by atoms with Crippen LogP contribution in [0.4, 0.5) is 11.4 Å². The van der Waals surface area contributed by atoms with Gasteiger partial charge in [-0.25, -0.2) is 0 Å². The van der Waals surface area contributed by atoms with Gasteiger partial charge in [-0.05, 0) is 48.5 Å². The summed E-state index contributed by atoms with van der Waals surface area (Å²) in [5, 5.41) is 2.87. The van der Waals surface area contributed by atoms with Crippen LogP contribution in [0.5, 0.6) is 17.2 Å². The molecular weight excluding hydrogens is 490 g/mol. The van der Waals surface area contributed by atoms with Crippen LogP contribution in [0.2, 0.25) is 0 Å². The monoisotopic (exact) mass is 519 g/mol. The number of ether oxygens (including phenoxy) is 2. The summed E-state index contributed by atoms with van der Waals surface area (Å²) in [5.74, 6) is 1.67. The van der Waals surface area contributed by atoms with E-state index in [2.05, 4.69) is 10.2 Å². The van der Waals surface area contributed by atoms with Gasteiger partial charge in [0.1, 0.15) is 17.2 Å². The predicted molar refractivity (Wildman–Crippen MR) is 151 cm³/mol. The zero-order chi connectivity index (χ0) is 26.6. The second-order valence-corrected chi connectivity index (χ2v) is 9.62. The number of carbonyl (C=O) groups excluding carboxylic acids is 2. The largest absolute Gasteiger partial charge is 0.484 e. The number of benzene rings is 4. The van der Waals surface area contributed by atoms with Crippen molar-refractivity contribution in [2.45, 2.75) is 5.92 Å². The molecule has 0 atom stereocenters. The van der Waals surface area contributed by atoms with Crippen molar-refractivity contribution < 1.29 is 19.1 Å². The van der Waals surface area contributed by atoms with Crippen molar-refractivity contribution in [2.75, 3.05) is 43.0 Å². The third-order valence-corrected chi connectivity index (χ3v) is 7.15. The van der Waals surface area contributed by atoms with E-state index in [0.29, 0.717) is 24.5 Å². The lowest BCUT2D eigenvalue weighted by Gasteiger charge is -2.38. The SMILES string of the molecule is O=C(COc1ccccc1)Nc1ccc(N2CCN(C(=O)C3c4ccccc4Oc4ccccc43)CC2)cc1. The summed E-state index contributed by atoms with van der Waals surface area (Å²) in [6.07, 6.45) is 0. The first kappa shape index (κ1) is 24.6. The molecule has 2 heterocycles. The minimum Gasteiger partial charge on any atom is -0.484 e. The molecule has 0 aromatic heterocycles. The van der Waals surface area contributed by atoms with Gasteiger partial charge < -0.3 is 24.6 Å².